The Kier molecular flexibility index (Phi) is 8.15. The maximum Gasteiger partial charge on any atom is 0.252 e. The van der Waals surface area contributed by atoms with E-state index in [0.717, 1.165) is 6.42 Å². The monoisotopic (exact) mass is 773 g/mol. The summed E-state index contributed by atoms with van der Waals surface area (Å²) in [6.07, 6.45) is 3.55. The molecular weight excluding hydrogens is 713 g/mol. The van der Waals surface area contributed by atoms with Crippen LogP contribution in [0.15, 0.2) is 109 Å². The second-order valence-corrected chi connectivity index (χ2v) is 21.8. The second kappa shape index (κ2) is 12.6. The molecule has 4 heteroatoms. The van der Waals surface area contributed by atoms with Crippen molar-refractivity contribution < 1.29 is 0 Å². The Morgan fingerprint density at radius 3 is 1.58 bits per heavy atom. The molecule has 1 aliphatic carbocycles. The van der Waals surface area contributed by atoms with Gasteiger partial charge in [-0.3, -0.25) is 0 Å². The van der Waals surface area contributed by atoms with Crippen LogP contribution in [-0.2, 0) is 34.6 Å². The van der Waals surface area contributed by atoms with Gasteiger partial charge in [-0.05, 0) is 161 Å². The highest BCUT2D eigenvalue weighted by atomic mass is 15.2. The summed E-state index contributed by atoms with van der Waals surface area (Å²) in [5, 5.41) is 2.84. The van der Waals surface area contributed by atoms with Crippen LogP contribution in [0, 0.1) is 0 Å². The summed E-state index contributed by atoms with van der Waals surface area (Å²) >= 11 is 0. The van der Waals surface area contributed by atoms with Gasteiger partial charge in [-0.15, -0.1) is 0 Å². The molecule has 59 heavy (non-hydrogen) atoms. The number of fused-ring (bicyclic) bond motifs is 9. The van der Waals surface area contributed by atoms with E-state index in [-0.39, 0.29) is 28.5 Å². The van der Waals surface area contributed by atoms with Crippen molar-refractivity contribution in [2.24, 2.45) is 0 Å². The second-order valence-electron chi connectivity index (χ2n) is 21.8. The summed E-state index contributed by atoms with van der Waals surface area (Å²) in [5.74, 6) is 0. The van der Waals surface area contributed by atoms with Crippen LogP contribution in [0.1, 0.15) is 117 Å². The van der Waals surface area contributed by atoms with Gasteiger partial charge < -0.3 is 14.4 Å². The molecule has 0 amide bonds. The predicted molar refractivity (Wildman–Crippen MR) is 257 cm³/mol. The minimum atomic E-state index is -0.110. The highest BCUT2D eigenvalue weighted by molar-refractivity contribution is 7.00. The lowest BCUT2D eigenvalue weighted by atomic mass is 9.33. The maximum absolute atomic E-state index is 2.65. The van der Waals surface area contributed by atoms with Crippen molar-refractivity contribution in [2.75, 3.05) is 9.80 Å². The van der Waals surface area contributed by atoms with Crippen LogP contribution in [0.4, 0.5) is 34.1 Å². The number of rotatable bonds is 2. The van der Waals surface area contributed by atoms with Crippen LogP contribution in [0.3, 0.4) is 0 Å². The first kappa shape index (κ1) is 38.0. The molecule has 0 saturated heterocycles. The molecule has 7 aromatic rings. The fraction of sp³-hybridized carbons (Fsp3) is 0.345. The van der Waals surface area contributed by atoms with Crippen LogP contribution in [0.25, 0.3) is 21.8 Å². The molecule has 3 aliphatic rings. The Bertz CT molecular complexity index is 2830. The highest BCUT2D eigenvalue weighted by Gasteiger charge is 2.44. The fourth-order valence-corrected chi connectivity index (χ4v) is 10.6. The Labute approximate surface area is 353 Å². The molecule has 10 rings (SSSR count). The number of aryl methyl sites for hydroxylation is 2. The summed E-state index contributed by atoms with van der Waals surface area (Å²) < 4.78 is 2.65. The number of hydrogen-bond donors (Lipinski definition) is 0. The quantitative estimate of drug-likeness (QED) is 0.162. The molecular formula is C55H60BN3. The van der Waals surface area contributed by atoms with Gasteiger partial charge in [0.15, 0.2) is 0 Å². The average molecular weight is 774 g/mol. The van der Waals surface area contributed by atoms with E-state index in [1.807, 2.05) is 0 Å². The SMILES string of the molecule is CC(C)(C)c1ccc(N2c3ccc(C(C)(C)C)cc3B3c4cc5c(cc4N(c4ccc(C(C)(C)C)cc4)c4cccc2c43)c2c3c(ccc2n5C(C)(C)C)CCC3)cc1. The van der Waals surface area contributed by atoms with Crippen LogP contribution in [0.2, 0.25) is 0 Å². The van der Waals surface area contributed by atoms with E-state index in [2.05, 4.69) is 207 Å². The molecule has 0 radical (unpaired) electrons. The van der Waals surface area contributed by atoms with Gasteiger partial charge in [-0.2, -0.15) is 0 Å². The van der Waals surface area contributed by atoms with Crippen molar-refractivity contribution in [3.8, 4) is 0 Å². The Morgan fingerprint density at radius 1 is 0.475 bits per heavy atom. The fourth-order valence-electron chi connectivity index (χ4n) is 10.6. The molecule has 298 valence electrons. The van der Waals surface area contributed by atoms with E-state index >= 15 is 0 Å². The first-order valence-corrected chi connectivity index (χ1v) is 22.0. The number of anilines is 6. The van der Waals surface area contributed by atoms with E-state index in [1.54, 1.807) is 5.56 Å². The van der Waals surface area contributed by atoms with Crippen molar-refractivity contribution in [3.63, 3.8) is 0 Å². The summed E-state index contributed by atoms with van der Waals surface area (Å²) in [6.45, 7) is 28.0. The maximum atomic E-state index is 2.65. The molecule has 0 fully saturated rings. The molecule has 0 unspecified atom stereocenters. The zero-order valence-corrected chi connectivity index (χ0v) is 37.4. The van der Waals surface area contributed by atoms with E-state index < -0.39 is 0 Å². The lowest BCUT2D eigenvalue weighted by Crippen LogP contribution is -2.61. The average Bonchev–Trinajstić information content (AvgIpc) is 3.78. The molecule has 0 N–H and O–H groups in total. The van der Waals surface area contributed by atoms with E-state index in [1.165, 1.54) is 107 Å². The van der Waals surface area contributed by atoms with Crippen molar-refractivity contribution in [3.05, 3.63) is 137 Å². The van der Waals surface area contributed by atoms with Crippen molar-refractivity contribution in [2.45, 2.75) is 124 Å². The number of hydrogen-bond acceptors (Lipinski definition) is 2. The molecule has 0 atom stereocenters. The first-order valence-electron chi connectivity index (χ1n) is 22.0. The molecule has 0 saturated carbocycles. The number of aromatic nitrogens is 1. The van der Waals surface area contributed by atoms with Crippen molar-refractivity contribution in [1.29, 1.82) is 0 Å². The van der Waals surface area contributed by atoms with Gasteiger partial charge in [-0.25, -0.2) is 0 Å². The van der Waals surface area contributed by atoms with Crippen LogP contribution >= 0.6 is 0 Å². The third kappa shape index (κ3) is 5.83. The molecule has 6 aromatic carbocycles. The highest BCUT2D eigenvalue weighted by Crippen LogP contribution is 2.48. The Morgan fingerprint density at radius 2 is 1.02 bits per heavy atom. The summed E-state index contributed by atoms with van der Waals surface area (Å²) in [7, 11) is 0. The van der Waals surface area contributed by atoms with Crippen LogP contribution in [-0.4, -0.2) is 11.3 Å². The number of nitrogens with zero attached hydrogens (tertiary/aromatic N) is 3. The standard InChI is InChI=1S/C55H60BN3/c1-52(2,3)35-20-25-38(26-21-35)57-44-30-24-37(54(7,8)9)31-42(44)56-43-33-48-41(50-40-16-13-15-34(40)19-29-45(50)59(48)55(10,11)12)32-49(43)58(47-18-14-17-46(57)51(47)56)39-27-22-36(23-28-39)53(4,5)6/h14,17-33H,13,15-16H2,1-12H3. The van der Waals surface area contributed by atoms with E-state index in [9.17, 15) is 0 Å². The minimum Gasteiger partial charge on any atom is -0.335 e. The lowest BCUT2D eigenvalue weighted by Gasteiger charge is -2.44. The predicted octanol–water partition coefficient (Wildman–Crippen LogP) is 13.0. The van der Waals surface area contributed by atoms with Crippen LogP contribution < -0.4 is 26.2 Å². The third-order valence-corrected chi connectivity index (χ3v) is 13.6. The van der Waals surface area contributed by atoms with Crippen molar-refractivity contribution in [1.82, 2.24) is 4.57 Å². The number of benzene rings is 6. The molecule has 1 aromatic heterocycles. The molecule has 3 heterocycles. The Balaban J connectivity index is 1.33. The molecule has 2 aliphatic heterocycles. The molecule has 0 spiro atoms. The molecule has 0 bridgehead atoms. The topological polar surface area (TPSA) is 11.4 Å². The normalized spacial score (nSPS) is 15.2. The summed E-state index contributed by atoms with van der Waals surface area (Å²) in [5.41, 5.74) is 21.4. The van der Waals surface area contributed by atoms with E-state index in [0.29, 0.717) is 0 Å². The van der Waals surface area contributed by atoms with Gasteiger partial charge in [0.2, 0.25) is 0 Å². The van der Waals surface area contributed by atoms with Gasteiger partial charge >= 0.3 is 0 Å². The zero-order valence-electron chi connectivity index (χ0n) is 37.4. The van der Waals surface area contributed by atoms with Gasteiger partial charge in [0, 0.05) is 61.5 Å². The minimum absolute atomic E-state index is 0.00463. The smallest absolute Gasteiger partial charge is 0.252 e. The first-order chi connectivity index (χ1) is 27.8. The molecule has 3 nitrogen and oxygen atoms in total. The zero-order chi connectivity index (χ0) is 41.6. The third-order valence-electron chi connectivity index (χ3n) is 13.6. The summed E-state index contributed by atoms with van der Waals surface area (Å²) in [6, 6.07) is 43.2. The lowest BCUT2D eigenvalue weighted by molar-refractivity contribution is 0.423. The van der Waals surface area contributed by atoms with E-state index in [4.69, 9.17) is 0 Å². The van der Waals surface area contributed by atoms with Gasteiger partial charge in [0.25, 0.3) is 6.71 Å². The van der Waals surface area contributed by atoms with Gasteiger partial charge in [0.1, 0.15) is 0 Å². The van der Waals surface area contributed by atoms with Gasteiger partial charge in [0.05, 0.1) is 0 Å². The van der Waals surface area contributed by atoms with Crippen LogP contribution in [0.5, 0.6) is 0 Å². The van der Waals surface area contributed by atoms with Crippen molar-refractivity contribution >= 4 is 79.0 Å². The Hall–Kier alpha value is -5.22. The largest absolute Gasteiger partial charge is 0.335 e. The summed E-state index contributed by atoms with van der Waals surface area (Å²) in [4.78, 5) is 5.14. The van der Waals surface area contributed by atoms with Gasteiger partial charge in [-0.1, -0.05) is 111 Å².